The number of anilines is 1. The lowest BCUT2D eigenvalue weighted by molar-refractivity contribution is 0.636. The Labute approximate surface area is 126 Å². The number of benzene rings is 1. The van der Waals surface area contributed by atoms with Crippen LogP contribution < -0.4 is 10.2 Å². The third-order valence-electron chi connectivity index (χ3n) is 3.02. The highest BCUT2D eigenvalue weighted by Gasteiger charge is 2.11. The van der Waals surface area contributed by atoms with E-state index in [0.717, 1.165) is 21.8 Å². The molecule has 0 radical (unpaired) electrons. The molecule has 0 aliphatic carbocycles. The Kier molecular flexibility index (Phi) is 4.96. The van der Waals surface area contributed by atoms with Crippen molar-refractivity contribution in [1.29, 1.82) is 0 Å². The Balaban J connectivity index is 2.07. The predicted octanol–water partition coefficient (Wildman–Crippen LogP) is 3.82. The second-order valence-electron chi connectivity index (χ2n) is 4.55. The molecule has 19 heavy (non-hydrogen) atoms. The summed E-state index contributed by atoms with van der Waals surface area (Å²) in [5, 5.41) is 6.38. The Morgan fingerprint density at radius 3 is 2.95 bits per heavy atom. The summed E-state index contributed by atoms with van der Waals surface area (Å²) in [6.45, 7) is 2.98. The van der Waals surface area contributed by atoms with E-state index in [4.69, 9.17) is 0 Å². The quantitative estimate of drug-likeness (QED) is 0.897. The minimum atomic E-state index is 0.296. The number of nitrogens with zero attached hydrogens (tertiary/aromatic N) is 2. The van der Waals surface area contributed by atoms with Crippen LogP contribution in [0.1, 0.15) is 24.2 Å². The van der Waals surface area contributed by atoms with Crippen LogP contribution >= 0.6 is 27.3 Å². The van der Waals surface area contributed by atoms with Crippen molar-refractivity contribution in [2.24, 2.45) is 0 Å². The summed E-state index contributed by atoms with van der Waals surface area (Å²) in [4.78, 5) is 6.85. The maximum Gasteiger partial charge on any atom is 0.185 e. The molecular formula is C14H18BrN3S. The molecule has 0 saturated carbocycles. The highest BCUT2D eigenvalue weighted by molar-refractivity contribution is 9.10. The van der Waals surface area contributed by atoms with Crippen LogP contribution in [0, 0.1) is 0 Å². The number of aromatic nitrogens is 1. The van der Waals surface area contributed by atoms with E-state index in [1.54, 1.807) is 11.3 Å². The summed E-state index contributed by atoms with van der Waals surface area (Å²) < 4.78 is 1.11. The first-order valence-electron chi connectivity index (χ1n) is 6.18. The van der Waals surface area contributed by atoms with E-state index in [0.29, 0.717) is 6.04 Å². The van der Waals surface area contributed by atoms with Gasteiger partial charge in [0.25, 0.3) is 0 Å². The molecule has 3 nitrogen and oxygen atoms in total. The summed E-state index contributed by atoms with van der Waals surface area (Å²) in [5.41, 5.74) is 2.37. The molecule has 1 N–H and O–H groups in total. The van der Waals surface area contributed by atoms with Gasteiger partial charge in [0.1, 0.15) is 0 Å². The standard InChI is InChI=1S/C14H18BrN3S/c1-10(16-2)13-9-19-14(17-13)18(3)8-11-5-4-6-12(15)7-11/h4-7,9-10,16H,8H2,1-3H3. The van der Waals surface area contributed by atoms with Crippen molar-refractivity contribution in [3.8, 4) is 0 Å². The van der Waals surface area contributed by atoms with Gasteiger partial charge in [0.15, 0.2) is 5.13 Å². The largest absolute Gasteiger partial charge is 0.347 e. The molecule has 0 aliphatic heterocycles. The third kappa shape index (κ3) is 3.78. The van der Waals surface area contributed by atoms with Gasteiger partial charge in [-0.1, -0.05) is 28.1 Å². The van der Waals surface area contributed by atoms with Gasteiger partial charge >= 0.3 is 0 Å². The summed E-state index contributed by atoms with van der Waals surface area (Å²) in [7, 11) is 4.03. The molecule has 102 valence electrons. The second-order valence-corrected chi connectivity index (χ2v) is 6.30. The fourth-order valence-corrected chi connectivity index (χ4v) is 3.11. The van der Waals surface area contributed by atoms with Crippen LogP contribution in [0.4, 0.5) is 5.13 Å². The topological polar surface area (TPSA) is 28.2 Å². The first kappa shape index (κ1) is 14.5. The fraction of sp³-hybridized carbons (Fsp3) is 0.357. The molecule has 2 rings (SSSR count). The van der Waals surface area contributed by atoms with Crippen molar-refractivity contribution >= 4 is 32.4 Å². The third-order valence-corrected chi connectivity index (χ3v) is 4.49. The molecule has 0 spiro atoms. The SMILES string of the molecule is CNC(C)c1csc(N(C)Cc2cccc(Br)c2)n1. The first-order chi connectivity index (χ1) is 9.10. The molecule has 0 saturated heterocycles. The van der Waals surface area contributed by atoms with Crippen LogP contribution in [0.25, 0.3) is 0 Å². The number of nitrogens with one attached hydrogen (secondary N) is 1. The van der Waals surface area contributed by atoms with Crippen molar-refractivity contribution < 1.29 is 0 Å². The maximum absolute atomic E-state index is 4.67. The number of thiazole rings is 1. The molecule has 1 atom stereocenters. The van der Waals surface area contributed by atoms with Crippen LogP contribution in [0.5, 0.6) is 0 Å². The predicted molar refractivity (Wildman–Crippen MR) is 85.8 cm³/mol. The highest BCUT2D eigenvalue weighted by Crippen LogP contribution is 2.24. The summed E-state index contributed by atoms with van der Waals surface area (Å²) in [5.74, 6) is 0. The lowest BCUT2D eigenvalue weighted by atomic mass is 10.2. The van der Waals surface area contributed by atoms with Crippen molar-refractivity contribution in [3.63, 3.8) is 0 Å². The molecule has 5 heteroatoms. The number of hydrogen-bond acceptors (Lipinski definition) is 4. The smallest absolute Gasteiger partial charge is 0.185 e. The van der Waals surface area contributed by atoms with Gasteiger partial charge < -0.3 is 10.2 Å². The average Bonchev–Trinajstić information content (AvgIpc) is 2.87. The lowest BCUT2D eigenvalue weighted by Gasteiger charge is -2.16. The lowest BCUT2D eigenvalue weighted by Crippen LogP contribution is -2.17. The van der Waals surface area contributed by atoms with Crippen molar-refractivity contribution in [2.75, 3.05) is 19.0 Å². The van der Waals surface area contributed by atoms with Gasteiger partial charge in [0.2, 0.25) is 0 Å². The number of halogens is 1. The van der Waals surface area contributed by atoms with Crippen molar-refractivity contribution in [1.82, 2.24) is 10.3 Å². The van der Waals surface area contributed by atoms with Crippen LogP contribution in [0.15, 0.2) is 34.1 Å². The van der Waals surface area contributed by atoms with Gasteiger partial charge in [0, 0.05) is 29.5 Å². The zero-order valence-electron chi connectivity index (χ0n) is 11.4. The van der Waals surface area contributed by atoms with Crippen molar-refractivity contribution in [2.45, 2.75) is 19.5 Å². The van der Waals surface area contributed by atoms with Crippen molar-refractivity contribution in [3.05, 3.63) is 45.4 Å². The molecule has 1 heterocycles. The molecule has 1 aromatic heterocycles. The van der Waals surface area contributed by atoms with E-state index in [2.05, 4.69) is 68.7 Å². The van der Waals surface area contributed by atoms with Gasteiger partial charge in [-0.15, -0.1) is 11.3 Å². The van der Waals surface area contributed by atoms with E-state index < -0.39 is 0 Å². The molecule has 1 unspecified atom stereocenters. The zero-order valence-corrected chi connectivity index (χ0v) is 13.8. The van der Waals surface area contributed by atoms with E-state index in [-0.39, 0.29) is 0 Å². The highest BCUT2D eigenvalue weighted by atomic mass is 79.9. The van der Waals surface area contributed by atoms with Crippen LogP contribution in [-0.4, -0.2) is 19.1 Å². The maximum atomic E-state index is 4.67. The normalized spacial score (nSPS) is 12.4. The summed E-state index contributed by atoms with van der Waals surface area (Å²) in [6, 6.07) is 8.67. The van der Waals surface area contributed by atoms with Gasteiger partial charge in [-0.2, -0.15) is 0 Å². The Hall–Kier alpha value is -0.910. The molecule has 2 aromatic rings. The molecule has 1 aromatic carbocycles. The van der Waals surface area contributed by atoms with E-state index >= 15 is 0 Å². The minimum absolute atomic E-state index is 0.296. The Morgan fingerprint density at radius 2 is 2.26 bits per heavy atom. The molecule has 0 amide bonds. The van der Waals surface area contributed by atoms with E-state index in [1.807, 2.05) is 13.1 Å². The average molecular weight is 340 g/mol. The number of hydrogen-bond donors (Lipinski definition) is 1. The van der Waals surface area contributed by atoms with Gasteiger partial charge in [-0.05, 0) is 31.7 Å². The molecule has 0 fully saturated rings. The van der Waals surface area contributed by atoms with Gasteiger partial charge in [0.05, 0.1) is 5.69 Å². The monoisotopic (exact) mass is 339 g/mol. The van der Waals surface area contributed by atoms with Gasteiger partial charge in [-0.3, -0.25) is 0 Å². The van der Waals surface area contributed by atoms with Crippen LogP contribution in [0.3, 0.4) is 0 Å². The number of rotatable bonds is 5. The summed E-state index contributed by atoms with van der Waals surface area (Å²) in [6.07, 6.45) is 0. The zero-order chi connectivity index (χ0) is 13.8. The first-order valence-corrected chi connectivity index (χ1v) is 7.85. The molecule has 0 bridgehead atoms. The van der Waals surface area contributed by atoms with Crippen LogP contribution in [0.2, 0.25) is 0 Å². The van der Waals surface area contributed by atoms with E-state index in [1.165, 1.54) is 5.56 Å². The second kappa shape index (κ2) is 6.50. The molecular weight excluding hydrogens is 322 g/mol. The van der Waals surface area contributed by atoms with Gasteiger partial charge in [-0.25, -0.2) is 4.98 Å². The van der Waals surface area contributed by atoms with E-state index in [9.17, 15) is 0 Å². The fourth-order valence-electron chi connectivity index (χ4n) is 1.78. The Morgan fingerprint density at radius 1 is 1.47 bits per heavy atom. The van der Waals surface area contributed by atoms with Crippen LogP contribution in [-0.2, 0) is 6.54 Å². The molecule has 0 aliphatic rings. The summed E-state index contributed by atoms with van der Waals surface area (Å²) >= 11 is 5.19. The minimum Gasteiger partial charge on any atom is -0.347 e. The Bertz CT molecular complexity index is 541.